The van der Waals surface area contributed by atoms with Gasteiger partial charge in [-0.05, 0) is 0 Å². The summed E-state index contributed by atoms with van der Waals surface area (Å²) < 4.78 is 16.9. The Morgan fingerprint density at radius 2 is 1.62 bits per heavy atom. The zero-order valence-electron chi connectivity index (χ0n) is 16.5. The Morgan fingerprint density at radius 3 is 2.14 bits per heavy atom. The third-order valence-electron chi connectivity index (χ3n) is 4.77. The molecule has 12 heteroatoms. The molecule has 29 heavy (non-hydrogen) atoms. The molecule has 0 aromatic rings. The van der Waals surface area contributed by atoms with Crippen molar-refractivity contribution in [2.75, 3.05) is 13.2 Å². The van der Waals surface area contributed by atoms with Crippen LogP contribution in [-0.2, 0) is 19.0 Å². The minimum absolute atomic E-state index is 0.0893. The minimum atomic E-state index is -1.53. The molecule has 2 aliphatic rings. The second kappa shape index (κ2) is 10.7. The van der Waals surface area contributed by atoms with Crippen LogP contribution in [0, 0.1) is 0 Å². The summed E-state index contributed by atoms with van der Waals surface area (Å²) in [5, 5.41) is 63.0. The van der Waals surface area contributed by atoms with Gasteiger partial charge in [0.25, 0.3) is 0 Å². The second-order valence-electron chi connectivity index (χ2n) is 7.43. The van der Waals surface area contributed by atoms with E-state index in [2.05, 4.69) is 5.32 Å². The van der Waals surface area contributed by atoms with Crippen LogP contribution in [0.2, 0.25) is 0 Å². The number of nitrogens with one attached hydrogen (secondary N) is 1. The van der Waals surface area contributed by atoms with Gasteiger partial charge in [-0.25, -0.2) is 0 Å². The highest BCUT2D eigenvalue weighted by molar-refractivity contribution is 8.00. The number of aliphatic hydroxyl groups is 6. The van der Waals surface area contributed by atoms with E-state index >= 15 is 0 Å². The molecule has 0 aromatic carbocycles. The van der Waals surface area contributed by atoms with Gasteiger partial charge < -0.3 is 50.2 Å². The number of aliphatic hydroxyl groups excluding tert-OH is 6. The Balaban J connectivity index is 2.21. The minimum Gasteiger partial charge on any atom is -0.394 e. The maximum atomic E-state index is 11.5. The van der Waals surface area contributed by atoms with Crippen LogP contribution in [0.5, 0.6) is 0 Å². The first-order valence-electron chi connectivity index (χ1n) is 9.43. The Morgan fingerprint density at radius 1 is 1.00 bits per heavy atom. The molecule has 0 bridgehead atoms. The number of ether oxygens (including phenoxy) is 3. The highest BCUT2D eigenvalue weighted by Crippen LogP contribution is 2.34. The van der Waals surface area contributed by atoms with Crippen LogP contribution in [0.1, 0.15) is 20.8 Å². The number of carbonyl (C=O) groups is 1. The van der Waals surface area contributed by atoms with Crippen molar-refractivity contribution in [1.82, 2.24) is 5.32 Å². The van der Waals surface area contributed by atoms with E-state index in [1.165, 1.54) is 18.7 Å². The first-order valence-corrected chi connectivity index (χ1v) is 10.4. The van der Waals surface area contributed by atoms with Crippen molar-refractivity contribution in [1.29, 1.82) is 0 Å². The van der Waals surface area contributed by atoms with Crippen molar-refractivity contribution in [3.63, 3.8) is 0 Å². The van der Waals surface area contributed by atoms with Crippen LogP contribution < -0.4 is 5.32 Å². The molecule has 0 radical (unpaired) electrons. The summed E-state index contributed by atoms with van der Waals surface area (Å²) in [6, 6.07) is -1.23. The van der Waals surface area contributed by atoms with E-state index in [1.807, 2.05) is 13.8 Å². The molecule has 2 saturated heterocycles. The SMILES string of the molecule is CC(=O)N[C@H]1[C@@H](O[C@@H]2[C@H](O)[C@@H](O)[C@H](SC(C)C)O[C@@H]2CO)O[C@H](CO)[C@@H](O)[C@@H]1O. The molecule has 0 unspecified atom stereocenters. The van der Waals surface area contributed by atoms with Gasteiger partial charge in [-0.3, -0.25) is 4.79 Å². The lowest BCUT2D eigenvalue weighted by Crippen LogP contribution is -2.67. The van der Waals surface area contributed by atoms with Gasteiger partial charge in [0.05, 0.1) is 13.2 Å². The number of carbonyl (C=O) groups excluding carboxylic acids is 1. The van der Waals surface area contributed by atoms with Crippen molar-refractivity contribution in [2.45, 2.75) is 86.5 Å². The molecule has 0 spiro atoms. The van der Waals surface area contributed by atoms with Crippen LogP contribution in [0.25, 0.3) is 0 Å². The van der Waals surface area contributed by atoms with Gasteiger partial charge in [-0.1, -0.05) is 13.8 Å². The highest BCUT2D eigenvalue weighted by Gasteiger charge is 2.51. The third kappa shape index (κ3) is 5.79. The van der Waals surface area contributed by atoms with Gasteiger partial charge in [-0.2, -0.15) is 0 Å². The van der Waals surface area contributed by atoms with Gasteiger partial charge in [0, 0.05) is 12.2 Å². The molecular weight excluding hydrogens is 410 g/mol. The number of amides is 1. The van der Waals surface area contributed by atoms with Crippen molar-refractivity contribution in [3.05, 3.63) is 0 Å². The fourth-order valence-corrected chi connectivity index (χ4v) is 4.41. The van der Waals surface area contributed by atoms with Crippen molar-refractivity contribution in [3.8, 4) is 0 Å². The molecule has 0 aromatic heterocycles. The molecule has 2 fully saturated rings. The predicted molar refractivity (Wildman–Crippen MR) is 101 cm³/mol. The molecule has 170 valence electrons. The smallest absolute Gasteiger partial charge is 0.217 e. The number of rotatable bonds is 7. The van der Waals surface area contributed by atoms with E-state index in [0.717, 1.165) is 0 Å². The van der Waals surface area contributed by atoms with Crippen LogP contribution >= 0.6 is 11.8 Å². The average Bonchev–Trinajstić information content (AvgIpc) is 2.66. The van der Waals surface area contributed by atoms with Crippen LogP contribution in [0.15, 0.2) is 0 Å². The van der Waals surface area contributed by atoms with E-state index in [0.29, 0.717) is 0 Å². The lowest BCUT2D eigenvalue weighted by atomic mass is 9.95. The molecule has 1 amide bonds. The largest absolute Gasteiger partial charge is 0.394 e. The van der Waals surface area contributed by atoms with E-state index in [-0.39, 0.29) is 5.25 Å². The monoisotopic (exact) mass is 441 g/mol. The lowest BCUT2D eigenvalue weighted by Gasteiger charge is -2.47. The van der Waals surface area contributed by atoms with Crippen LogP contribution in [0.4, 0.5) is 0 Å². The third-order valence-corrected chi connectivity index (χ3v) is 5.97. The maximum Gasteiger partial charge on any atom is 0.217 e. The molecule has 0 aliphatic carbocycles. The zero-order chi connectivity index (χ0) is 21.9. The molecule has 2 heterocycles. The fraction of sp³-hybridized carbons (Fsp3) is 0.941. The number of hydrogen-bond acceptors (Lipinski definition) is 11. The first kappa shape index (κ1) is 24.7. The summed E-state index contributed by atoms with van der Waals surface area (Å²) >= 11 is 1.27. The standard InChI is InChI=1S/C17H31NO10S/c1-6(2)29-17-14(25)13(24)15(9(5-20)27-17)28-16-10(18-7(3)21)12(23)11(22)8(4-19)26-16/h6,8-17,19-20,22-25H,4-5H2,1-3H3,(H,18,21)/t8-,9-,10-,11-,12-,13-,14-,15+,16-,17+/m1/s1. The number of thioether (sulfide) groups is 1. The summed E-state index contributed by atoms with van der Waals surface area (Å²) in [5.41, 5.74) is -0.794. The lowest BCUT2D eigenvalue weighted by molar-refractivity contribution is -0.317. The first-order chi connectivity index (χ1) is 13.6. The summed E-state index contributed by atoms with van der Waals surface area (Å²) in [7, 11) is 0. The molecule has 7 N–H and O–H groups in total. The molecule has 2 aliphatic heterocycles. The molecule has 10 atom stereocenters. The Hall–Kier alpha value is -0.540. The van der Waals surface area contributed by atoms with Gasteiger partial charge >= 0.3 is 0 Å². The van der Waals surface area contributed by atoms with E-state index in [9.17, 15) is 35.4 Å². The summed E-state index contributed by atoms with van der Waals surface area (Å²) in [6.07, 6.45) is -10.7. The van der Waals surface area contributed by atoms with Gasteiger partial charge in [0.2, 0.25) is 5.91 Å². The molecule has 11 nitrogen and oxygen atoms in total. The Labute approximate surface area is 173 Å². The Bertz CT molecular complexity index is 538. The van der Waals surface area contributed by atoms with E-state index < -0.39 is 79.6 Å². The average molecular weight is 441 g/mol. The van der Waals surface area contributed by atoms with Gasteiger partial charge in [0.15, 0.2) is 6.29 Å². The number of hydrogen-bond donors (Lipinski definition) is 7. The van der Waals surface area contributed by atoms with E-state index in [1.54, 1.807) is 0 Å². The quantitative estimate of drug-likeness (QED) is 0.213. The van der Waals surface area contributed by atoms with Crippen molar-refractivity contribution in [2.24, 2.45) is 0 Å². The second-order valence-corrected chi connectivity index (χ2v) is 9.10. The summed E-state index contributed by atoms with van der Waals surface area (Å²) in [4.78, 5) is 11.5. The predicted octanol–water partition coefficient (Wildman–Crippen LogP) is -3.10. The molecule has 2 rings (SSSR count). The molecule has 0 saturated carbocycles. The maximum absolute atomic E-state index is 11.5. The topological polar surface area (TPSA) is 178 Å². The van der Waals surface area contributed by atoms with Gasteiger partial charge in [0.1, 0.15) is 54.2 Å². The summed E-state index contributed by atoms with van der Waals surface area (Å²) in [6.45, 7) is 3.81. The van der Waals surface area contributed by atoms with E-state index in [4.69, 9.17) is 14.2 Å². The summed E-state index contributed by atoms with van der Waals surface area (Å²) in [5.74, 6) is -0.534. The van der Waals surface area contributed by atoms with Crippen molar-refractivity contribution >= 4 is 17.7 Å². The highest BCUT2D eigenvalue weighted by atomic mass is 32.2. The fourth-order valence-electron chi connectivity index (χ4n) is 3.34. The molecular formula is C17H31NO10S. The Kier molecular flexibility index (Phi) is 9.09. The van der Waals surface area contributed by atoms with Gasteiger partial charge in [-0.15, -0.1) is 11.8 Å². The van der Waals surface area contributed by atoms with Crippen LogP contribution in [0.3, 0.4) is 0 Å². The van der Waals surface area contributed by atoms with Crippen LogP contribution in [-0.4, -0.2) is 116 Å². The normalized spacial score (nSPS) is 43.4. The van der Waals surface area contributed by atoms with Crippen molar-refractivity contribution < 1.29 is 49.6 Å². The zero-order valence-corrected chi connectivity index (χ0v) is 17.3.